The molecule has 2 rings (SSSR count). The lowest BCUT2D eigenvalue weighted by Crippen LogP contribution is -2.24. The lowest BCUT2D eigenvalue weighted by Gasteiger charge is -2.21. The topological polar surface area (TPSA) is 55.1 Å². The molecule has 0 spiro atoms. The van der Waals surface area contributed by atoms with Crippen molar-refractivity contribution in [1.82, 2.24) is 19.6 Å². The summed E-state index contributed by atoms with van der Waals surface area (Å²) in [5.41, 5.74) is 0.974. The molecule has 1 unspecified atom stereocenters. The van der Waals surface area contributed by atoms with Gasteiger partial charge in [-0.25, -0.2) is 0 Å². The van der Waals surface area contributed by atoms with Crippen LogP contribution in [0.3, 0.4) is 0 Å². The summed E-state index contributed by atoms with van der Waals surface area (Å²) < 4.78 is 1.71. The van der Waals surface area contributed by atoms with Gasteiger partial charge in [-0.3, -0.25) is 0 Å². The molecule has 18 heavy (non-hydrogen) atoms. The fraction of sp³-hybridized carbons (Fsp3) is 0.583. The van der Waals surface area contributed by atoms with Gasteiger partial charge in [0.25, 0.3) is 5.78 Å². The molecule has 0 aliphatic rings. The lowest BCUT2D eigenvalue weighted by molar-refractivity contribution is 0.555. The van der Waals surface area contributed by atoms with Crippen molar-refractivity contribution in [3.63, 3.8) is 0 Å². The second-order valence-electron chi connectivity index (χ2n) is 4.73. The third-order valence-electron chi connectivity index (χ3n) is 3.19. The van der Waals surface area contributed by atoms with Crippen molar-refractivity contribution in [3.8, 4) is 0 Å². The highest BCUT2D eigenvalue weighted by Crippen LogP contribution is 2.25. The Balaban J connectivity index is 2.54. The van der Waals surface area contributed by atoms with E-state index in [-0.39, 0.29) is 0 Å². The smallest absolute Gasteiger partial charge is 0.255 e. The van der Waals surface area contributed by atoms with E-state index in [0.717, 1.165) is 17.8 Å². The molecule has 0 saturated heterocycles. The maximum atomic E-state index is 6.20. The minimum Gasteiger partial charge on any atom is -0.367 e. The second-order valence-corrected chi connectivity index (χ2v) is 5.09. The summed E-state index contributed by atoms with van der Waals surface area (Å²) in [4.78, 5) is 8.32. The first kappa shape index (κ1) is 13.1. The number of hydrogen-bond donors (Lipinski definition) is 1. The van der Waals surface area contributed by atoms with Gasteiger partial charge in [-0.2, -0.15) is 19.6 Å². The van der Waals surface area contributed by atoms with Crippen LogP contribution in [0.25, 0.3) is 5.78 Å². The number of nitrogens with one attached hydrogen (secondary N) is 1. The number of hydrogen-bond acceptors (Lipinski definition) is 4. The zero-order valence-electron chi connectivity index (χ0n) is 11.1. The van der Waals surface area contributed by atoms with E-state index in [0.29, 0.717) is 22.9 Å². The largest absolute Gasteiger partial charge is 0.367 e. The third-order valence-corrected chi connectivity index (χ3v) is 3.51. The molecule has 0 aromatic carbocycles. The van der Waals surface area contributed by atoms with Crippen molar-refractivity contribution in [2.45, 2.75) is 40.2 Å². The minimum absolute atomic E-state index is 0.321. The summed E-state index contributed by atoms with van der Waals surface area (Å²) in [6.45, 7) is 8.54. The number of aromatic nitrogens is 4. The maximum absolute atomic E-state index is 6.20. The molecule has 0 radical (unpaired) electrons. The van der Waals surface area contributed by atoms with Crippen molar-refractivity contribution in [1.29, 1.82) is 0 Å². The summed E-state index contributed by atoms with van der Waals surface area (Å²) in [6.07, 6.45) is 2.29. The lowest BCUT2D eigenvalue weighted by atomic mass is 10.1. The second kappa shape index (κ2) is 5.10. The molecule has 0 aliphatic heterocycles. The van der Waals surface area contributed by atoms with Crippen molar-refractivity contribution < 1.29 is 0 Å². The van der Waals surface area contributed by atoms with Gasteiger partial charge < -0.3 is 5.32 Å². The molecular weight excluding hydrogens is 250 g/mol. The molecule has 98 valence electrons. The monoisotopic (exact) mass is 267 g/mol. The van der Waals surface area contributed by atoms with Gasteiger partial charge in [0, 0.05) is 11.6 Å². The standard InChI is InChI=1S/C12H18ClN5/c1-5-9-10(13)17-12-14-6-15-18(12)11(9)16-8(4)7(2)3/h6-8,16H,5H2,1-4H3. The van der Waals surface area contributed by atoms with Crippen LogP contribution in [0.4, 0.5) is 5.82 Å². The molecule has 5 nitrogen and oxygen atoms in total. The Kier molecular flexibility index (Phi) is 3.71. The van der Waals surface area contributed by atoms with E-state index in [1.165, 1.54) is 6.33 Å². The zero-order valence-corrected chi connectivity index (χ0v) is 11.9. The molecule has 6 heteroatoms. The molecule has 2 aromatic rings. The molecular formula is C12H18ClN5. The Bertz CT molecular complexity index is 549. The molecule has 1 atom stereocenters. The van der Waals surface area contributed by atoms with Crippen LogP contribution in [0.5, 0.6) is 0 Å². The number of nitrogens with zero attached hydrogens (tertiary/aromatic N) is 4. The Labute approximate surface area is 112 Å². The minimum atomic E-state index is 0.321. The molecule has 0 bridgehead atoms. The predicted octanol–water partition coefficient (Wildman–Crippen LogP) is 2.80. The van der Waals surface area contributed by atoms with Crippen LogP contribution < -0.4 is 5.32 Å². The van der Waals surface area contributed by atoms with Crippen molar-refractivity contribution >= 4 is 23.2 Å². The average Bonchev–Trinajstić information content (AvgIpc) is 2.76. The van der Waals surface area contributed by atoms with Gasteiger partial charge in [0.05, 0.1) is 0 Å². The quantitative estimate of drug-likeness (QED) is 0.866. The molecule has 0 amide bonds. The first-order valence-corrected chi connectivity index (χ1v) is 6.57. The molecule has 1 N–H and O–H groups in total. The van der Waals surface area contributed by atoms with Crippen LogP contribution >= 0.6 is 11.6 Å². The molecule has 0 saturated carbocycles. The van der Waals surface area contributed by atoms with Gasteiger partial charge in [0.1, 0.15) is 17.3 Å². The fourth-order valence-electron chi connectivity index (χ4n) is 1.69. The Morgan fingerprint density at radius 1 is 1.39 bits per heavy atom. The van der Waals surface area contributed by atoms with Crippen LogP contribution in [0, 0.1) is 5.92 Å². The fourth-order valence-corrected chi connectivity index (χ4v) is 1.99. The normalized spacial score (nSPS) is 13.2. The van der Waals surface area contributed by atoms with Crippen molar-refractivity contribution in [2.24, 2.45) is 5.92 Å². The summed E-state index contributed by atoms with van der Waals surface area (Å²) in [5, 5.41) is 8.17. The average molecular weight is 268 g/mol. The van der Waals surface area contributed by atoms with Crippen molar-refractivity contribution in [2.75, 3.05) is 5.32 Å². The Hall–Kier alpha value is -1.36. The summed E-state index contributed by atoms with van der Waals surface area (Å²) in [7, 11) is 0. The highest BCUT2D eigenvalue weighted by Gasteiger charge is 2.17. The number of halogens is 1. The van der Waals surface area contributed by atoms with E-state index in [9.17, 15) is 0 Å². The zero-order chi connectivity index (χ0) is 13.3. The Morgan fingerprint density at radius 2 is 2.11 bits per heavy atom. The summed E-state index contributed by atoms with van der Waals surface area (Å²) in [5.74, 6) is 1.93. The summed E-state index contributed by atoms with van der Waals surface area (Å²) in [6, 6.07) is 0.321. The van der Waals surface area contributed by atoms with E-state index < -0.39 is 0 Å². The van der Waals surface area contributed by atoms with Gasteiger partial charge in [0.15, 0.2) is 0 Å². The maximum Gasteiger partial charge on any atom is 0.255 e. The van der Waals surface area contributed by atoms with Gasteiger partial charge in [-0.1, -0.05) is 32.4 Å². The van der Waals surface area contributed by atoms with Gasteiger partial charge in [-0.05, 0) is 19.3 Å². The van der Waals surface area contributed by atoms with Gasteiger partial charge >= 0.3 is 0 Å². The first-order chi connectivity index (χ1) is 8.54. The number of rotatable bonds is 4. The van der Waals surface area contributed by atoms with Crippen LogP contribution in [0.15, 0.2) is 6.33 Å². The van der Waals surface area contributed by atoms with E-state index >= 15 is 0 Å². The third kappa shape index (κ3) is 2.27. The van der Waals surface area contributed by atoms with Crippen molar-refractivity contribution in [3.05, 3.63) is 17.0 Å². The Morgan fingerprint density at radius 3 is 2.72 bits per heavy atom. The van der Waals surface area contributed by atoms with Crippen LogP contribution in [0.1, 0.15) is 33.3 Å². The SMILES string of the molecule is CCc1c(Cl)nc2ncnn2c1NC(C)C(C)C. The van der Waals surface area contributed by atoms with E-state index in [1.54, 1.807) is 4.52 Å². The van der Waals surface area contributed by atoms with E-state index in [4.69, 9.17) is 11.6 Å². The number of anilines is 1. The highest BCUT2D eigenvalue weighted by molar-refractivity contribution is 6.30. The van der Waals surface area contributed by atoms with Crippen LogP contribution in [-0.4, -0.2) is 25.6 Å². The summed E-state index contributed by atoms with van der Waals surface area (Å²) >= 11 is 6.20. The first-order valence-electron chi connectivity index (χ1n) is 6.19. The molecule has 0 fully saturated rings. The molecule has 2 heterocycles. The number of fused-ring (bicyclic) bond motifs is 1. The molecule has 0 aliphatic carbocycles. The molecule has 2 aromatic heterocycles. The van der Waals surface area contributed by atoms with E-state index in [1.807, 2.05) is 0 Å². The van der Waals surface area contributed by atoms with Gasteiger partial charge in [-0.15, -0.1) is 0 Å². The highest BCUT2D eigenvalue weighted by atomic mass is 35.5. The van der Waals surface area contributed by atoms with Crippen LogP contribution in [0.2, 0.25) is 5.15 Å². The van der Waals surface area contributed by atoms with E-state index in [2.05, 4.69) is 48.1 Å². The van der Waals surface area contributed by atoms with Crippen LogP contribution in [-0.2, 0) is 6.42 Å². The predicted molar refractivity (Wildman–Crippen MR) is 73.1 cm³/mol. The van der Waals surface area contributed by atoms with Gasteiger partial charge in [0.2, 0.25) is 0 Å².